The number of hydrogen-bond donors (Lipinski definition) is 1. The van der Waals surface area contributed by atoms with E-state index in [1.54, 1.807) is 30.3 Å². The molecule has 3 aromatic rings. The molecular formula is C15H9Cl2FO2. The molecule has 1 unspecified atom stereocenters. The normalized spacial score (nSPS) is 12.8. The average molecular weight is 311 g/mol. The van der Waals surface area contributed by atoms with Gasteiger partial charge >= 0.3 is 0 Å². The highest BCUT2D eigenvalue weighted by molar-refractivity contribution is 6.31. The van der Waals surface area contributed by atoms with E-state index in [2.05, 4.69) is 0 Å². The minimum absolute atomic E-state index is 0.0410. The zero-order valence-electron chi connectivity index (χ0n) is 10.1. The van der Waals surface area contributed by atoms with Crippen molar-refractivity contribution in [3.63, 3.8) is 0 Å². The van der Waals surface area contributed by atoms with Crippen molar-refractivity contribution < 1.29 is 13.9 Å². The summed E-state index contributed by atoms with van der Waals surface area (Å²) in [4.78, 5) is 0. The van der Waals surface area contributed by atoms with Crippen LogP contribution in [0.2, 0.25) is 10.0 Å². The lowest BCUT2D eigenvalue weighted by atomic mass is 10.1. The number of fused-ring (bicyclic) bond motifs is 1. The van der Waals surface area contributed by atoms with Gasteiger partial charge in [0, 0.05) is 16.0 Å². The number of aliphatic hydroxyl groups is 1. The summed E-state index contributed by atoms with van der Waals surface area (Å²) in [5.74, 6) is -0.413. The molecule has 20 heavy (non-hydrogen) atoms. The zero-order valence-corrected chi connectivity index (χ0v) is 11.6. The Morgan fingerprint density at radius 2 is 1.90 bits per heavy atom. The second-order valence-electron chi connectivity index (χ2n) is 4.38. The van der Waals surface area contributed by atoms with E-state index < -0.39 is 11.9 Å². The van der Waals surface area contributed by atoms with Crippen LogP contribution >= 0.6 is 23.2 Å². The highest BCUT2D eigenvalue weighted by Crippen LogP contribution is 2.32. The van der Waals surface area contributed by atoms with Crippen LogP contribution in [0.5, 0.6) is 0 Å². The summed E-state index contributed by atoms with van der Waals surface area (Å²) in [6.45, 7) is 0. The lowest BCUT2D eigenvalue weighted by Crippen LogP contribution is -2.01. The van der Waals surface area contributed by atoms with Crippen molar-refractivity contribution in [1.82, 2.24) is 0 Å². The largest absolute Gasteiger partial charge is 0.458 e. The highest BCUT2D eigenvalue weighted by Gasteiger charge is 2.20. The van der Waals surface area contributed by atoms with Gasteiger partial charge in [0.25, 0.3) is 0 Å². The number of aliphatic hydroxyl groups excluding tert-OH is 1. The fraction of sp³-hybridized carbons (Fsp3) is 0.0667. The minimum atomic E-state index is -1.22. The standard InChI is InChI=1S/C15H9Cl2FO2/c16-9-4-5-12-8(6-9)7-13(20-12)15(19)10-2-1-3-11(17)14(10)18/h1-7,15,19H. The molecule has 2 aromatic carbocycles. The van der Waals surface area contributed by atoms with E-state index in [9.17, 15) is 9.50 Å². The van der Waals surface area contributed by atoms with Crippen molar-refractivity contribution in [2.24, 2.45) is 0 Å². The summed E-state index contributed by atoms with van der Waals surface area (Å²) in [6, 6.07) is 11.2. The van der Waals surface area contributed by atoms with Gasteiger partial charge in [-0.3, -0.25) is 0 Å². The maximum Gasteiger partial charge on any atom is 0.148 e. The van der Waals surface area contributed by atoms with Gasteiger partial charge in [0.05, 0.1) is 5.02 Å². The van der Waals surface area contributed by atoms with E-state index in [1.807, 2.05) is 0 Å². The van der Waals surface area contributed by atoms with E-state index in [0.717, 1.165) is 5.39 Å². The van der Waals surface area contributed by atoms with E-state index in [1.165, 1.54) is 12.1 Å². The predicted molar refractivity (Wildman–Crippen MR) is 76.7 cm³/mol. The number of furan rings is 1. The molecule has 1 aromatic heterocycles. The Labute approximate surface area is 124 Å². The van der Waals surface area contributed by atoms with Crippen LogP contribution in [0, 0.1) is 5.82 Å². The Balaban J connectivity index is 2.08. The Kier molecular flexibility index (Phi) is 3.42. The molecule has 0 amide bonds. The van der Waals surface area contributed by atoms with Crippen LogP contribution < -0.4 is 0 Å². The van der Waals surface area contributed by atoms with Crippen LogP contribution in [0.4, 0.5) is 4.39 Å². The molecule has 0 fully saturated rings. The van der Waals surface area contributed by atoms with E-state index in [-0.39, 0.29) is 16.3 Å². The topological polar surface area (TPSA) is 33.4 Å². The van der Waals surface area contributed by atoms with Crippen molar-refractivity contribution in [2.45, 2.75) is 6.10 Å². The van der Waals surface area contributed by atoms with Gasteiger partial charge in [-0.25, -0.2) is 4.39 Å². The van der Waals surface area contributed by atoms with Crippen molar-refractivity contribution >= 4 is 34.2 Å². The van der Waals surface area contributed by atoms with E-state index in [4.69, 9.17) is 27.6 Å². The first-order chi connectivity index (χ1) is 9.56. The first-order valence-corrected chi connectivity index (χ1v) is 6.63. The Hall–Kier alpha value is -1.55. The van der Waals surface area contributed by atoms with Gasteiger partial charge in [0.1, 0.15) is 23.3 Å². The predicted octanol–water partition coefficient (Wildman–Crippen LogP) is 4.96. The molecule has 3 rings (SSSR count). The lowest BCUT2D eigenvalue weighted by molar-refractivity contribution is 0.187. The third kappa shape index (κ3) is 2.29. The number of benzene rings is 2. The first kappa shape index (κ1) is 13.4. The molecule has 0 saturated heterocycles. The van der Waals surface area contributed by atoms with Crippen LogP contribution in [0.15, 0.2) is 46.9 Å². The monoisotopic (exact) mass is 310 g/mol. The molecule has 0 aliphatic rings. The van der Waals surface area contributed by atoms with E-state index >= 15 is 0 Å². The molecular weight excluding hydrogens is 302 g/mol. The van der Waals surface area contributed by atoms with Crippen molar-refractivity contribution in [2.75, 3.05) is 0 Å². The molecule has 0 saturated carbocycles. The summed E-state index contributed by atoms with van der Waals surface area (Å²) in [6.07, 6.45) is -1.22. The Morgan fingerprint density at radius 1 is 1.10 bits per heavy atom. The Morgan fingerprint density at radius 3 is 2.70 bits per heavy atom. The number of halogens is 3. The lowest BCUT2D eigenvalue weighted by Gasteiger charge is -2.09. The molecule has 0 aliphatic heterocycles. The molecule has 5 heteroatoms. The number of rotatable bonds is 2. The van der Waals surface area contributed by atoms with Crippen LogP contribution in [0.3, 0.4) is 0 Å². The first-order valence-electron chi connectivity index (χ1n) is 5.87. The summed E-state index contributed by atoms with van der Waals surface area (Å²) in [5, 5.41) is 11.5. The molecule has 0 bridgehead atoms. The maximum absolute atomic E-state index is 13.9. The third-order valence-corrected chi connectivity index (χ3v) is 3.57. The van der Waals surface area contributed by atoms with Crippen molar-refractivity contribution in [3.05, 3.63) is 69.7 Å². The van der Waals surface area contributed by atoms with Crippen LogP contribution in [-0.4, -0.2) is 5.11 Å². The van der Waals surface area contributed by atoms with E-state index in [0.29, 0.717) is 10.6 Å². The minimum Gasteiger partial charge on any atom is -0.458 e. The van der Waals surface area contributed by atoms with Crippen LogP contribution in [0.1, 0.15) is 17.4 Å². The summed E-state index contributed by atoms with van der Waals surface area (Å²) >= 11 is 11.6. The van der Waals surface area contributed by atoms with Gasteiger partial charge in [0.15, 0.2) is 0 Å². The van der Waals surface area contributed by atoms with Crippen LogP contribution in [-0.2, 0) is 0 Å². The Bertz CT molecular complexity index is 783. The van der Waals surface area contributed by atoms with Gasteiger partial charge in [0.2, 0.25) is 0 Å². The second-order valence-corrected chi connectivity index (χ2v) is 5.22. The smallest absolute Gasteiger partial charge is 0.148 e. The average Bonchev–Trinajstić information content (AvgIpc) is 2.84. The van der Waals surface area contributed by atoms with Gasteiger partial charge in [-0.2, -0.15) is 0 Å². The zero-order chi connectivity index (χ0) is 14.3. The molecule has 2 nitrogen and oxygen atoms in total. The fourth-order valence-corrected chi connectivity index (χ4v) is 2.42. The fourth-order valence-electron chi connectivity index (χ4n) is 2.05. The molecule has 0 radical (unpaired) electrons. The second kappa shape index (κ2) is 5.09. The van der Waals surface area contributed by atoms with Gasteiger partial charge < -0.3 is 9.52 Å². The highest BCUT2D eigenvalue weighted by atomic mass is 35.5. The maximum atomic E-state index is 13.9. The SMILES string of the molecule is OC(c1cc2cc(Cl)ccc2o1)c1cccc(Cl)c1F. The van der Waals surface area contributed by atoms with Gasteiger partial charge in [-0.15, -0.1) is 0 Å². The quantitative estimate of drug-likeness (QED) is 0.725. The molecule has 102 valence electrons. The summed E-state index contributed by atoms with van der Waals surface area (Å²) < 4.78 is 19.4. The molecule has 1 atom stereocenters. The molecule has 1 N–H and O–H groups in total. The van der Waals surface area contributed by atoms with Gasteiger partial charge in [-0.05, 0) is 30.3 Å². The van der Waals surface area contributed by atoms with Crippen LogP contribution in [0.25, 0.3) is 11.0 Å². The third-order valence-electron chi connectivity index (χ3n) is 3.04. The van der Waals surface area contributed by atoms with Crippen molar-refractivity contribution in [1.29, 1.82) is 0 Å². The summed E-state index contributed by atoms with van der Waals surface area (Å²) in [5.41, 5.74) is 0.647. The van der Waals surface area contributed by atoms with Crippen molar-refractivity contribution in [3.8, 4) is 0 Å². The number of hydrogen-bond acceptors (Lipinski definition) is 2. The molecule has 1 heterocycles. The van der Waals surface area contributed by atoms with Gasteiger partial charge in [-0.1, -0.05) is 35.3 Å². The molecule has 0 spiro atoms. The molecule has 0 aliphatic carbocycles. The summed E-state index contributed by atoms with van der Waals surface area (Å²) in [7, 11) is 0.